The molecule has 0 fully saturated rings. The molecule has 20 heavy (non-hydrogen) atoms. The van der Waals surface area contributed by atoms with Crippen LogP contribution in [0.1, 0.15) is 16.1 Å². The van der Waals surface area contributed by atoms with E-state index in [9.17, 15) is 13.2 Å². The Morgan fingerprint density at radius 1 is 1.35 bits per heavy atom. The van der Waals surface area contributed by atoms with E-state index in [4.69, 9.17) is 0 Å². The number of carbonyl (C=O) groups excluding carboxylic acids is 1. The monoisotopic (exact) mass is 294 g/mol. The van der Waals surface area contributed by atoms with Gasteiger partial charge in [0.2, 0.25) is 0 Å². The summed E-state index contributed by atoms with van der Waals surface area (Å²) in [5, 5.41) is 8.72. The summed E-state index contributed by atoms with van der Waals surface area (Å²) in [6, 6.07) is 6.23. The molecular formula is C12H14N4O3S. The van der Waals surface area contributed by atoms with Crippen molar-refractivity contribution < 1.29 is 13.2 Å². The van der Waals surface area contributed by atoms with Crippen molar-refractivity contribution in [1.29, 1.82) is 0 Å². The summed E-state index contributed by atoms with van der Waals surface area (Å²) in [6.45, 7) is 1.61. The molecule has 0 aliphatic heterocycles. The summed E-state index contributed by atoms with van der Waals surface area (Å²) in [4.78, 5) is 11.6. The second kappa shape index (κ2) is 5.33. The average Bonchev–Trinajstić information content (AvgIpc) is 2.85. The summed E-state index contributed by atoms with van der Waals surface area (Å²) < 4.78 is 26.7. The highest BCUT2D eigenvalue weighted by Gasteiger charge is 2.19. The highest BCUT2D eigenvalue weighted by atomic mass is 32.2. The topological polar surface area (TPSA) is 104 Å². The molecule has 0 aliphatic rings. The fourth-order valence-electron chi connectivity index (χ4n) is 1.69. The van der Waals surface area contributed by atoms with Crippen LogP contribution >= 0.6 is 0 Å². The number of H-pyrrole nitrogens is 1. The van der Waals surface area contributed by atoms with Crippen LogP contribution in [0.3, 0.4) is 0 Å². The van der Waals surface area contributed by atoms with E-state index >= 15 is 0 Å². The summed E-state index contributed by atoms with van der Waals surface area (Å²) in [5.41, 5.74) is 1.13. The first-order valence-corrected chi connectivity index (χ1v) is 7.27. The van der Waals surface area contributed by atoms with Crippen molar-refractivity contribution in [3.63, 3.8) is 0 Å². The third kappa shape index (κ3) is 2.80. The van der Waals surface area contributed by atoms with Crippen molar-refractivity contribution in [3.8, 4) is 0 Å². The lowest BCUT2D eigenvalue weighted by Crippen LogP contribution is -2.18. The van der Waals surface area contributed by atoms with Crippen LogP contribution in [0.25, 0.3) is 0 Å². The van der Waals surface area contributed by atoms with Gasteiger partial charge in [0.15, 0.2) is 0 Å². The normalized spacial score (nSPS) is 11.1. The molecule has 106 valence electrons. The molecular weight excluding hydrogens is 280 g/mol. The summed E-state index contributed by atoms with van der Waals surface area (Å²) in [7, 11) is -2.22. The van der Waals surface area contributed by atoms with Crippen LogP contribution in [0.2, 0.25) is 0 Å². The van der Waals surface area contributed by atoms with Gasteiger partial charge in [0.05, 0.1) is 11.9 Å². The molecule has 2 rings (SSSR count). The molecule has 1 aromatic carbocycles. The van der Waals surface area contributed by atoms with E-state index in [1.165, 1.54) is 19.3 Å². The van der Waals surface area contributed by atoms with E-state index in [-0.39, 0.29) is 10.8 Å². The first kappa shape index (κ1) is 14.1. The minimum absolute atomic E-state index is 0.0721. The quantitative estimate of drug-likeness (QED) is 0.778. The number of benzene rings is 1. The zero-order chi connectivity index (χ0) is 14.8. The number of hydrogen-bond donors (Lipinski definition) is 3. The molecule has 0 spiro atoms. The molecule has 7 nitrogen and oxygen atoms in total. The van der Waals surface area contributed by atoms with Crippen molar-refractivity contribution in [1.82, 2.24) is 15.5 Å². The lowest BCUT2D eigenvalue weighted by atomic mass is 10.2. The molecule has 0 atom stereocenters. The van der Waals surface area contributed by atoms with Gasteiger partial charge in [0.25, 0.3) is 15.9 Å². The maximum atomic E-state index is 12.2. The molecule has 1 aromatic heterocycles. The van der Waals surface area contributed by atoms with Crippen LogP contribution < -0.4 is 10.0 Å². The number of nitrogens with zero attached hydrogens (tertiary/aromatic N) is 1. The summed E-state index contributed by atoms with van der Waals surface area (Å²) >= 11 is 0. The fourth-order valence-corrected chi connectivity index (χ4v) is 2.88. The Balaban J connectivity index is 2.31. The Bertz CT molecular complexity index is 737. The van der Waals surface area contributed by atoms with Gasteiger partial charge in [0.1, 0.15) is 4.90 Å². The van der Waals surface area contributed by atoms with Crippen LogP contribution in [-0.4, -0.2) is 31.6 Å². The number of rotatable bonds is 4. The number of aryl methyl sites for hydroxylation is 1. The molecule has 0 saturated carbocycles. The minimum Gasteiger partial charge on any atom is -0.355 e. The van der Waals surface area contributed by atoms with Gasteiger partial charge in [-0.1, -0.05) is 6.07 Å². The lowest BCUT2D eigenvalue weighted by Gasteiger charge is -2.08. The standard InChI is InChI=1S/C12H14N4O3S/c1-8-11(7-14-15-8)20(18,19)16-10-5-3-4-9(6-10)12(17)13-2/h3-7,16H,1-2H3,(H,13,17)(H,14,15). The average molecular weight is 294 g/mol. The van der Waals surface area contributed by atoms with Gasteiger partial charge in [-0.3, -0.25) is 14.6 Å². The van der Waals surface area contributed by atoms with E-state index in [1.807, 2.05) is 0 Å². The van der Waals surface area contributed by atoms with E-state index in [1.54, 1.807) is 25.1 Å². The molecule has 0 saturated heterocycles. The number of nitrogens with one attached hydrogen (secondary N) is 3. The molecule has 1 heterocycles. The van der Waals surface area contributed by atoms with E-state index in [0.717, 1.165) is 0 Å². The van der Waals surface area contributed by atoms with Crippen LogP contribution in [0, 0.1) is 6.92 Å². The van der Waals surface area contributed by atoms with Crippen molar-refractivity contribution >= 4 is 21.6 Å². The summed E-state index contributed by atoms with van der Waals surface area (Å²) in [6.07, 6.45) is 1.24. The first-order chi connectivity index (χ1) is 9.44. The SMILES string of the molecule is CNC(=O)c1cccc(NS(=O)(=O)c2cn[nH]c2C)c1. The number of aromatic amines is 1. The number of anilines is 1. The lowest BCUT2D eigenvalue weighted by molar-refractivity contribution is 0.0963. The van der Waals surface area contributed by atoms with Crippen LogP contribution in [0.15, 0.2) is 35.4 Å². The highest BCUT2D eigenvalue weighted by Crippen LogP contribution is 2.18. The van der Waals surface area contributed by atoms with Gasteiger partial charge in [-0.2, -0.15) is 5.10 Å². The molecule has 1 amide bonds. The molecule has 0 bridgehead atoms. The third-order valence-corrected chi connectivity index (χ3v) is 4.17. The van der Waals surface area contributed by atoms with E-state index < -0.39 is 10.0 Å². The number of aromatic nitrogens is 2. The Kier molecular flexibility index (Phi) is 3.75. The van der Waals surface area contributed by atoms with Gasteiger partial charge in [-0.15, -0.1) is 0 Å². The smallest absolute Gasteiger partial charge is 0.265 e. The van der Waals surface area contributed by atoms with Gasteiger partial charge < -0.3 is 5.32 Å². The minimum atomic E-state index is -3.73. The van der Waals surface area contributed by atoms with E-state index in [2.05, 4.69) is 20.2 Å². The maximum Gasteiger partial charge on any atom is 0.265 e. The third-order valence-electron chi connectivity index (χ3n) is 2.68. The molecule has 2 aromatic rings. The molecule has 3 N–H and O–H groups in total. The number of carbonyl (C=O) groups is 1. The largest absolute Gasteiger partial charge is 0.355 e. The Hall–Kier alpha value is -2.35. The van der Waals surface area contributed by atoms with E-state index in [0.29, 0.717) is 16.9 Å². The second-order valence-corrected chi connectivity index (χ2v) is 5.78. The maximum absolute atomic E-state index is 12.2. The number of sulfonamides is 1. The second-order valence-electron chi connectivity index (χ2n) is 4.12. The van der Waals surface area contributed by atoms with Crippen molar-refractivity contribution in [2.45, 2.75) is 11.8 Å². The van der Waals surface area contributed by atoms with Gasteiger partial charge in [-0.05, 0) is 25.1 Å². The Morgan fingerprint density at radius 3 is 2.70 bits per heavy atom. The van der Waals surface area contributed by atoms with Crippen LogP contribution in [0.4, 0.5) is 5.69 Å². The number of amides is 1. The zero-order valence-electron chi connectivity index (χ0n) is 11.0. The van der Waals surface area contributed by atoms with Gasteiger partial charge in [-0.25, -0.2) is 8.42 Å². The zero-order valence-corrected chi connectivity index (χ0v) is 11.8. The Labute approximate surface area is 116 Å². The summed E-state index contributed by atoms with van der Waals surface area (Å²) in [5.74, 6) is -0.287. The molecule has 0 aliphatic carbocycles. The molecule has 0 radical (unpaired) electrons. The fraction of sp³-hybridized carbons (Fsp3) is 0.167. The van der Waals surface area contributed by atoms with Gasteiger partial charge >= 0.3 is 0 Å². The Morgan fingerprint density at radius 2 is 2.10 bits per heavy atom. The predicted molar refractivity (Wildman–Crippen MR) is 74.0 cm³/mol. The predicted octanol–water partition coefficient (Wildman–Crippen LogP) is 0.879. The first-order valence-electron chi connectivity index (χ1n) is 5.79. The molecule has 0 unspecified atom stereocenters. The van der Waals surface area contributed by atoms with Crippen molar-refractivity contribution in [2.24, 2.45) is 0 Å². The molecule has 8 heteroatoms. The number of hydrogen-bond acceptors (Lipinski definition) is 4. The van der Waals surface area contributed by atoms with Crippen molar-refractivity contribution in [3.05, 3.63) is 41.7 Å². The van der Waals surface area contributed by atoms with Crippen LogP contribution in [0.5, 0.6) is 0 Å². The van der Waals surface area contributed by atoms with Crippen LogP contribution in [-0.2, 0) is 10.0 Å². The van der Waals surface area contributed by atoms with Gasteiger partial charge in [0, 0.05) is 18.3 Å². The highest BCUT2D eigenvalue weighted by molar-refractivity contribution is 7.92. The van der Waals surface area contributed by atoms with Crippen molar-refractivity contribution in [2.75, 3.05) is 11.8 Å².